The van der Waals surface area contributed by atoms with Gasteiger partial charge in [0.05, 0.1) is 0 Å². The SMILES string of the molecule is CCCCCCCCCCCCCCCCCCCP(C)(=O)O. The highest BCUT2D eigenvalue weighted by atomic mass is 31.2. The second kappa shape index (κ2) is 17.0. The van der Waals surface area contributed by atoms with E-state index in [1.807, 2.05) is 0 Å². The zero-order valence-electron chi connectivity index (χ0n) is 16.0. The Balaban J connectivity index is 3.01. The predicted octanol–water partition coefficient (Wildman–Crippen LogP) is 7.54. The molecule has 0 rings (SSSR count). The van der Waals surface area contributed by atoms with Crippen molar-refractivity contribution >= 4 is 7.37 Å². The maximum atomic E-state index is 11.1. The molecule has 0 aromatic heterocycles. The van der Waals surface area contributed by atoms with Crippen molar-refractivity contribution in [3.05, 3.63) is 0 Å². The van der Waals surface area contributed by atoms with Crippen LogP contribution in [-0.4, -0.2) is 17.7 Å². The van der Waals surface area contributed by atoms with Crippen molar-refractivity contribution in [2.45, 2.75) is 116 Å². The molecule has 3 heteroatoms. The van der Waals surface area contributed by atoms with E-state index in [9.17, 15) is 9.46 Å². The van der Waals surface area contributed by atoms with E-state index in [2.05, 4.69) is 6.92 Å². The number of hydrogen-bond donors (Lipinski definition) is 1. The minimum absolute atomic E-state index is 0.506. The lowest BCUT2D eigenvalue weighted by atomic mass is 10.0. The fourth-order valence-electron chi connectivity index (χ4n) is 3.13. The van der Waals surface area contributed by atoms with Gasteiger partial charge in [0.1, 0.15) is 0 Å². The summed E-state index contributed by atoms with van der Waals surface area (Å²) in [4.78, 5) is 9.20. The molecule has 0 saturated carbocycles. The van der Waals surface area contributed by atoms with Gasteiger partial charge >= 0.3 is 0 Å². The molecule has 0 aliphatic rings. The Labute approximate surface area is 146 Å². The molecule has 0 fully saturated rings. The molecule has 0 aromatic carbocycles. The molecule has 1 N–H and O–H groups in total. The molecule has 23 heavy (non-hydrogen) atoms. The first kappa shape index (κ1) is 23.2. The third-order valence-corrected chi connectivity index (χ3v) is 5.82. The van der Waals surface area contributed by atoms with Crippen LogP contribution in [0.5, 0.6) is 0 Å². The van der Waals surface area contributed by atoms with E-state index in [0.717, 1.165) is 12.8 Å². The van der Waals surface area contributed by atoms with Crippen molar-refractivity contribution < 1.29 is 9.46 Å². The van der Waals surface area contributed by atoms with Crippen molar-refractivity contribution in [1.29, 1.82) is 0 Å². The fourth-order valence-corrected chi connectivity index (χ4v) is 3.94. The highest BCUT2D eigenvalue weighted by molar-refractivity contribution is 7.57. The molecule has 0 saturated heterocycles. The maximum Gasteiger partial charge on any atom is 0.197 e. The summed E-state index contributed by atoms with van der Waals surface area (Å²) in [7, 11) is -2.76. The van der Waals surface area contributed by atoms with Crippen molar-refractivity contribution in [3.63, 3.8) is 0 Å². The zero-order chi connectivity index (χ0) is 17.2. The molecule has 0 bridgehead atoms. The van der Waals surface area contributed by atoms with Gasteiger partial charge in [-0.2, -0.15) is 0 Å². The Morgan fingerprint density at radius 3 is 1.09 bits per heavy atom. The van der Waals surface area contributed by atoms with Gasteiger partial charge in [-0.25, -0.2) is 0 Å². The Bertz CT molecular complexity index is 273. The third-order valence-electron chi connectivity index (χ3n) is 4.68. The quantitative estimate of drug-likeness (QED) is 0.205. The lowest BCUT2D eigenvalue weighted by Gasteiger charge is -2.05. The van der Waals surface area contributed by atoms with Gasteiger partial charge in [0.15, 0.2) is 7.37 Å². The lowest BCUT2D eigenvalue weighted by molar-refractivity contribution is 0.480. The molecule has 0 heterocycles. The van der Waals surface area contributed by atoms with Crippen LogP contribution in [0, 0.1) is 0 Å². The molecular formula is C20H43O2P. The topological polar surface area (TPSA) is 37.3 Å². The Hall–Kier alpha value is 0.190. The summed E-state index contributed by atoms with van der Waals surface area (Å²) in [5.74, 6) is 0. The van der Waals surface area contributed by atoms with Crippen LogP contribution < -0.4 is 0 Å². The summed E-state index contributed by atoms with van der Waals surface area (Å²) < 4.78 is 11.1. The molecule has 0 radical (unpaired) electrons. The number of rotatable bonds is 18. The van der Waals surface area contributed by atoms with Gasteiger partial charge in [0, 0.05) is 12.8 Å². The second-order valence-electron chi connectivity index (χ2n) is 7.43. The minimum atomic E-state index is -2.76. The smallest absolute Gasteiger partial charge is 0.197 e. The van der Waals surface area contributed by atoms with Crippen LogP contribution in [0.1, 0.15) is 116 Å². The summed E-state index contributed by atoms with van der Waals surface area (Å²) in [6, 6.07) is 0. The van der Waals surface area contributed by atoms with Gasteiger partial charge in [-0.05, 0) is 6.42 Å². The minimum Gasteiger partial charge on any atom is -0.344 e. The van der Waals surface area contributed by atoms with Gasteiger partial charge < -0.3 is 4.89 Å². The lowest BCUT2D eigenvalue weighted by Crippen LogP contribution is -1.88. The van der Waals surface area contributed by atoms with Gasteiger partial charge in [-0.1, -0.05) is 110 Å². The van der Waals surface area contributed by atoms with Crippen molar-refractivity contribution in [1.82, 2.24) is 0 Å². The highest BCUT2D eigenvalue weighted by Gasteiger charge is 2.07. The summed E-state index contributed by atoms with van der Waals surface area (Å²) in [5.41, 5.74) is 0. The van der Waals surface area contributed by atoms with E-state index in [1.54, 1.807) is 0 Å². The third kappa shape index (κ3) is 22.2. The number of unbranched alkanes of at least 4 members (excludes halogenated alkanes) is 16. The Morgan fingerprint density at radius 1 is 0.565 bits per heavy atom. The summed E-state index contributed by atoms with van der Waals surface area (Å²) in [6.07, 6.45) is 23.5. The van der Waals surface area contributed by atoms with Crippen LogP contribution in [-0.2, 0) is 4.57 Å². The van der Waals surface area contributed by atoms with Gasteiger partial charge in [-0.15, -0.1) is 0 Å². The molecule has 2 nitrogen and oxygen atoms in total. The molecule has 0 spiro atoms. The first-order chi connectivity index (χ1) is 11.1. The van der Waals surface area contributed by atoms with Crippen LogP contribution in [0.2, 0.25) is 0 Å². The van der Waals surface area contributed by atoms with E-state index in [4.69, 9.17) is 0 Å². The van der Waals surface area contributed by atoms with Gasteiger partial charge in [0.2, 0.25) is 0 Å². The molecular weight excluding hydrogens is 303 g/mol. The molecule has 0 aromatic rings. The highest BCUT2D eigenvalue weighted by Crippen LogP contribution is 2.36. The summed E-state index contributed by atoms with van der Waals surface area (Å²) in [6.45, 7) is 3.75. The first-order valence-electron chi connectivity index (χ1n) is 10.4. The van der Waals surface area contributed by atoms with E-state index in [0.29, 0.717) is 6.16 Å². The van der Waals surface area contributed by atoms with Crippen molar-refractivity contribution in [2.75, 3.05) is 12.8 Å². The predicted molar refractivity (Wildman–Crippen MR) is 105 cm³/mol. The van der Waals surface area contributed by atoms with E-state index < -0.39 is 7.37 Å². The van der Waals surface area contributed by atoms with Crippen LogP contribution >= 0.6 is 7.37 Å². The average molecular weight is 347 g/mol. The van der Waals surface area contributed by atoms with Crippen molar-refractivity contribution in [3.8, 4) is 0 Å². The number of hydrogen-bond acceptors (Lipinski definition) is 1. The van der Waals surface area contributed by atoms with Crippen LogP contribution in [0.25, 0.3) is 0 Å². The molecule has 140 valence electrons. The normalized spacial score (nSPS) is 14.0. The summed E-state index contributed by atoms with van der Waals surface area (Å²) in [5, 5.41) is 0. The fraction of sp³-hybridized carbons (Fsp3) is 1.00. The van der Waals surface area contributed by atoms with Crippen LogP contribution in [0.4, 0.5) is 0 Å². The largest absolute Gasteiger partial charge is 0.344 e. The molecule has 0 aliphatic heterocycles. The molecule has 1 atom stereocenters. The van der Waals surface area contributed by atoms with E-state index in [1.165, 1.54) is 103 Å². The second-order valence-corrected chi connectivity index (χ2v) is 9.98. The molecule has 1 unspecified atom stereocenters. The standard InChI is InChI=1S/C20H43O2P/c1-3-4-5-6-7-8-9-10-11-12-13-14-15-16-17-18-19-20-23(2,21)22/h3-20H2,1-2H3,(H,21,22). The monoisotopic (exact) mass is 346 g/mol. The first-order valence-corrected chi connectivity index (χ1v) is 12.6. The molecule has 0 aliphatic carbocycles. The van der Waals surface area contributed by atoms with Crippen LogP contribution in [0.15, 0.2) is 0 Å². The van der Waals surface area contributed by atoms with Gasteiger partial charge in [0.25, 0.3) is 0 Å². The van der Waals surface area contributed by atoms with E-state index in [-0.39, 0.29) is 0 Å². The Morgan fingerprint density at radius 2 is 0.826 bits per heavy atom. The Kier molecular flexibility index (Phi) is 17.2. The zero-order valence-corrected chi connectivity index (χ0v) is 16.9. The van der Waals surface area contributed by atoms with Crippen LogP contribution in [0.3, 0.4) is 0 Å². The van der Waals surface area contributed by atoms with Gasteiger partial charge in [-0.3, -0.25) is 4.57 Å². The molecule has 0 amide bonds. The van der Waals surface area contributed by atoms with E-state index >= 15 is 0 Å². The van der Waals surface area contributed by atoms with Crippen molar-refractivity contribution in [2.24, 2.45) is 0 Å². The maximum absolute atomic E-state index is 11.1. The summed E-state index contributed by atoms with van der Waals surface area (Å²) >= 11 is 0. The average Bonchev–Trinajstić information content (AvgIpc) is 2.49.